The Hall–Kier alpha value is -2.16. The third kappa shape index (κ3) is 3.79. The first-order chi connectivity index (χ1) is 10.5. The van der Waals surface area contributed by atoms with E-state index >= 15 is 0 Å². The number of hydrogen-bond acceptors (Lipinski definition) is 4. The number of alkyl halides is 3. The summed E-state index contributed by atoms with van der Waals surface area (Å²) in [7, 11) is 0. The number of halogens is 3. The van der Waals surface area contributed by atoms with Crippen LogP contribution in [0.2, 0.25) is 0 Å². The summed E-state index contributed by atoms with van der Waals surface area (Å²) in [6.45, 7) is 4.82. The molecule has 0 bridgehead atoms. The van der Waals surface area contributed by atoms with Crippen LogP contribution in [-0.2, 0) is 11.0 Å². The molecule has 0 fully saturated rings. The van der Waals surface area contributed by atoms with Crippen LogP contribution in [0.5, 0.6) is 0 Å². The molecule has 5 nitrogen and oxygen atoms in total. The molecule has 0 saturated heterocycles. The molecule has 2 N–H and O–H groups in total. The molecule has 9 heteroatoms. The molecule has 2 aromatic rings. The van der Waals surface area contributed by atoms with Crippen LogP contribution in [0.4, 0.5) is 13.2 Å². The SMILES string of the molecule is CC(C)(C)C(=O)NNC(=O)c1cc2sccc2nc1C(F)(F)F. The highest BCUT2D eigenvalue weighted by Crippen LogP contribution is 2.33. The maximum Gasteiger partial charge on any atom is 0.434 e. The van der Waals surface area contributed by atoms with E-state index in [0.29, 0.717) is 4.70 Å². The average molecular weight is 345 g/mol. The minimum absolute atomic E-state index is 0.164. The fourth-order valence-corrected chi connectivity index (χ4v) is 2.42. The number of rotatable bonds is 1. The maximum atomic E-state index is 13.1. The first-order valence-corrected chi connectivity index (χ1v) is 7.44. The standard InChI is InChI=1S/C14H14F3N3O2S/c1-13(2,3)12(22)20-19-11(21)7-6-9-8(4-5-23-9)18-10(7)14(15,16)17/h4-6H,1-3H3,(H,19,21)(H,20,22). The van der Waals surface area contributed by atoms with Gasteiger partial charge in [-0.2, -0.15) is 13.2 Å². The average Bonchev–Trinajstić information content (AvgIpc) is 2.88. The molecule has 0 saturated carbocycles. The predicted octanol–water partition coefficient (Wildman–Crippen LogP) is 3.12. The van der Waals surface area contributed by atoms with Gasteiger partial charge >= 0.3 is 6.18 Å². The van der Waals surface area contributed by atoms with Gasteiger partial charge < -0.3 is 0 Å². The van der Waals surface area contributed by atoms with E-state index in [1.807, 2.05) is 5.43 Å². The zero-order valence-electron chi connectivity index (χ0n) is 12.5. The maximum absolute atomic E-state index is 13.1. The zero-order chi connectivity index (χ0) is 17.4. The van der Waals surface area contributed by atoms with Crippen molar-refractivity contribution in [3.63, 3.8) is 0 Å². The van der Waals surface area contributed by atoms with Crippen LogP contribution >= 0.6 is 11.3 Å². The van der Waals surface area contributed by atoms with Gasteiger partial charge in [0.05, 0.1) is 15.8 Å². The van der Waals surface area contributed by atoms with Gasteiger partial charge in [-0.25, -0.2) is 4.98 Å². The van der Waals surface area contributed by atoms with Gasteiger partial charge in [-0.3, -0.25) is 20.4 Å². The number of aromatic nitrogens is 1. The molecule has 0 atom stereocenters. The van der Waals surface area contributed by atoms with E-state index in [4.69, 9.17) is 0 Å². The molecule has 2 aromatic heterocycles. The molecule has 0 radical (unpaired) electrons. The lowest BCUT2D eigenvalue weighted by Crippen LogP contribution is -2.47. The van der Waals surface area contributed by atoms with Crippen LogP contribution in [0, 0.1) is 5.41 Å². The van der Waals surface area contributed by atoms with E-state index in [9.17, 15) is 22.8 Å². The smallest absolute Gasteiger partial charge is 0.273 e. The molecule has 2 rings (SSSR count). The van der Waals surface area contributed by atoms with Crippen LogP contribution in [0.1, 0.15) is 36.8 Å². The Labute approximate surface area is 133 Å². The number of carbonyl (C=O) groups excluding carboxylic acids is 2. The summed E-state index contributed by atoms with van der Waals surface area (Å²) in [5.74, 6) is -1.60. The molecule has 0 spiro atoms. The van der Waals surface area contributed by atoms with E-state index in [1.165, 1.54) is 17.4 Å². The normalized spacial score (nSPS) is 12.3. The van der Waals surface area contributed by atoms with Crippen LogP contribution in [0.15, 0.2) is 17.5 Å². The topological polar surface area (TPSA) is 71.1 Å². The summed E-state index contributed by atoms with van der Waals surface area (Å²) in [5.41, 5.74) is 1.56. The van der Waals surface area contributed by atoms with Crippen LogP contribution < -0.4 is 10.9 Å². The van der Waals surface area contributed by atoms with Crippen LogP contribution in [-0.4, -0.2) is 16.8 Å². The summed E-state index contributed by atoms with van der Waals surface area (Å²) >= 11 is 1.17. The number of thiophene rings is 1. The quantitative estimate of drug-likeness (QED) is 0.780. The summed E-state index contributed by atoms with van der Waals surface area (Å²) in [6, 6.07) is 2.56. The summed E-state index contributed by atoms with van der Waals surface area (Å²) < 4.78 is 39.8. The molecule has 0 aliphatic rings. The Morgan fingerprint density at radius 3 is 2.39 bits per heavy atom. The van der Waals surface area contributed by atoms with Gasteiger partial charge in [-0.1, -0.05) is 20.8 Å². The Balaban J connectivity index is 2.33. The van der Waals surface area contributed by atoms with Gasteiger partial charge in [0, 0.05) is 5.41 Å². The first kappa shape index (κ1) is 17.2. The number of pyridine rings is 1. The second kappa shape index (κ2) is 5.80. The second-order valence-corrected chi connectivity index (χ2v) is 6.79. The monoisotopic (exact) mass is 345 g/mol. The number of nitrogens with zero attached hydrogens (tertiary/aromatic N) is 1. The number of amides is 2. The number of hydrogen-bond donors (Lipinski definition) is 2. The molecule has 0 aliphatic carbocycles. The molecule has 0 aromatic carbocycles. The Bertz CT molecular complexity index is 763. The molecule has 23 heavy (non-hydrogen) atoms. The van der Waals surface area contributed by atoms with Crippen molar-refractivity contribution in [3.8, 4) is 0 Å². The van der Waals surface area contributed by atoms with Crippen molar-refractivity contribution in [1.29, 1.82) is 0 Å². The fraction of sp³-hybridized carbons (Fsp3) is 0.357. The predicted molar refractivity (Wildman–Crippen MR) is 79.7 cm³/mol. The van der Waals surface area contributed by atoms with Gasteiger partial charge in [0.15, 0.2) is 5.69 Å². The van der Waals surface area contributed by atoms with Crippen molar-refractivity contribution in [2.75, 3.05) is 0 Å². The van der Waals surface area contributed by atoms with Crippen molar-refractivity contribution in [3.05, 3.63) is 28.8 Å². The van der Waals surface area contributed by atoms with Crippen molar-refractivity contribution in [1.82, 2.24) is 15.8 Å². The Kier molecular flexibility index (Phi) is 4.34. The van der Waals surface area contributed by atoms with E-state index in [0.717, 1.165) is 6.07 Å². The second-order valence-electron chi connectivity index (χ2n) is 5.84. The fourth-order valence-electron chi connectivity index (χ4n) is 1.65. The third-order valence-corrected chi connectivity index (χ3v) is 3.77. The first-order valence-electron chi connectivity index (χ1n) is 6.56. The Morgan fingerprint density at radius 1 is 1.17 bits per heavy atom. The lowest BCUT2D eigenvalue weighted by molar-refractivity contribution is -0.141. The lowest BCUT2D eigenvalue weighted by Gasteiger charge is -2.18. The van der Waals surface area contributed by atoms with Gasteiger partial charge in [-0.05, 0) is 17.5 Å². The zero-order valence-corrected chi connectivity index (χ0v) is 13.4. The van der Waals surface area contributed by atoms with Gasteiger partial charge in [0.1, 0.15) is 0 Å². The van der Waals surface area contributed by atoms with Crippen molar-refractivity contribution < 1.29 is 22.8 Å². The minimum Gasteiger partial charge on any atom is -0.273 e. The third-order valence-electron chi connectivity index (χ3n) is 2.92. The van der Waals surface area contributed by atoms with Crippen molar-refractivity contribution >= 4 is 33.4 Å². The van der Waals surface area contributed by atoms with E-state index < -0.39 is 34.7 Å². The summed E-state index contributed by atoms with van der Waals surface area (Å²) in [4.78, 5) is 27.3. The molecule has 124 valence electrons. The molecule has 2 heterocycles. The molecular weight excluding hydrogens is 331 g/mol. The minimum atomic E-state index is -4.78. The highest BCUT2D eigenvalue weighted by atomic mass is 32.1. The highest BCUT2D eigenvalue weighted by molar-refractivity contribution is 7.17. The van der Waals surface area contributed by atoms with Gasteiger partial charge in [0.2, 0.25) is 5.91 Å². The van der Waals surface area contributed by atoms with Gasteiger partial charge in [0.25, 0.3) is 5.91 Å². The molecule has 0 unspecified atom stereocenters. The van der Waals surface area contributed by atoms with E-state index in [-0.39, 0.29) is 5.52 Å². The number of hydrazine groups is 1. The largest absolute Gasteiger partial charge is 0.434 e. The van der Waals surface area contributed by atoms with Crippen molar-refractivity contribution in [2.24, 2.45) is 5.41 Å². The lowest BCUT2D eigenvalue weighted by atomic mass is 9.96. The number of fused-ring (bicyclic) bond motifs is 1. The summed E-state index contributed by atoms with van der Waals surface area (Å²) in [6.07, 6.45) is -4.78. The molecule has 2 amide bonds. The number of carbonyl (C=O) groups is 2. The highest BCUT2D eigenvalue weighted by Gasteiger charge is 2.38. The van der Waals surface area contributed by atoms with Crippen LogP contribution in [0.25, 0.3) is 10.2 Å². The van der Waals surface area contributed by atoms with Crippen LogP contribution in [0.3, 0.4) is 0 Å². The Morgan fingerprint density at radius 2 is 1.83 bits per heavy atom. The number of nitrogens with one attached hydrogen (secondary N) is 2. The van der Waals surface area contributed by atoms with E-state index in [1.54, 1.807) is 26.2 Å². The van der Waals surface area contributed by atoms with Crippen molar-refractivity contribution in [2.45, 2.75) is 26.9 Å². The molecular formula is C14H14F3N3O2S. The van der Waals surface area contributed by atoms with Gasteiger partial charge in [-0.15, -0.1) is 11.3 Å². The molecule has 0 aliphatic heterocycles. The summed E-state index contributed by atoms with van der Waals surface area (Å²) in [5, 5.41) is 1.58. The van der Waals surface area contributed by atoms with E-state index in [2.05, 4.69) is 10.4 Å².